The summed E-state index contributed by atoms with van der Waals surface area (Å²) in [6, 6.07) is 21.6. The van der Waals surface area contributed by atoms with Gasteiger partial charge in [-0.3, -0.25) is 0 Å². The van der Waals surface area contributed by atoms with Crippen molar-refractivity contribution >= 4 is 0 Å². The fraction of sp³-hybridized carbons (Fsp3) is 0.300. The average molecular weight is 264 g/mol. The van der Waals surface area contributed by atoms with Crippen LogP contribution in [0.25, 0.3) is 0 Å². The summed E-state index contributed by atoms with van der Waals surface area (Å²) >= 11 is 0. The number of benzene rings is 2. The fourth-order valence-electron chi connectivity index (χ4n) is 2.80. The van der Waals surface area contributed by atoms with Gasteiger partial charge in [-0.05, 0) is 35.3 Å². The molecule has 0 fully saturated rings. The first-order chi connectivity index (χ1) is 9.69. The van der Waals surface area contributed by atoms with Crippen LogP contribution in [0.1, 0.15) is 37.3 Å². The normalized spacial score (nSPS) is 15.3. The van der Waals surface area contributed by atoms with Gasteiger partial charge in [0.1, 0.15) is 0 Å². The van der Waals surface area contributed by atoms with Crippen LogP contribution in [0.2, 0.25) is 0 Å². The number of hydrogen-bond donors (Lipinski definition) is 0. The molecule has 20 heavy (non-hydrogen) atoms. The Bertz CT molecular complexity index is 526. The average Bonchev–Trinajstić information content (AvgIpc) is 2.54. The van der Waals surface area contributed by atoms with Crippen LogP contribution in [-0.2, 0) is 6.42 Å². The van der Waals surface area contributed by atoms with Gasteiger partial charge in [-0.15, -0.1) is 6.58 Å². The van der Waals surface area contributed by atoms with Crippen molar-refractivity contribution in [2.24, 2.45) is 5.41 Å². The van der Waals surface area contributed by atoms with Crippen molar-refractivity contribution in [3.05, 3.63) is 84.4 Å². The zero-order chi connectivity index (χ0) is 14.4. The standard InChI is InChI=1S/C20H24/c1-4-20(3,5-2)19(18-14-10-7-11-15-18)16-17-12-8-6-9-13-17/h4,6-15,19H,1,5,16H2,2-3H3/t19-,20-/m1/s1. The Kier molecular flexibility index (Phi) is 4.79. The largest absolute Gasteiger partial charge is 0.103 e. The van der Waals surface area contributed by atoms with Gasteiger partial charge in [0, 0.05) is 0 Å². The van der Waals surface area contributed by atoms with Crippen LogP contribution in [0, 0.1) is 5.41 Å². The second-order valence-electron chi connectivity index (χ2n) is 5.72. The van der Waals surface area contributed by atoms with E-state index >= 15 is 0 Å². The molecule has 0 N–H and O–H groups in total. The zero-order valence-corrected chi connectivity index (χ0v) is 12.5. The lowest BCUT2D eigenvalue weighted by atomic mass is 9.69. The van der Waals surface area contributed by atoms with Crippen molar-refractivity contribution in [2.75, 3.05) is 0 Å². The predicted molar refractivity (Wildman–Crippen MR) is 87.9 cm³/mol. The summed E-state index contributed by atoms with van der Waals surface area (Å²) in [5, 5.41) is 0. The minimum absolute atomic E-state index is 0.122. The predicted octanol–water partition coefficient (Wildman–Crippen LogP) is 5.62. The van der Waals surface area contributed by atoms with E-state index in [1.807, 2.05) is 0 Å². The van der Waals surface area contributed by atoms with Crippen LogP contribution in [-0.4, -0.2) is 0 Å². The minimum Gasteiger partial charge on any atom is -0.103 e. The van der Waals surface area contributed by atoms with Gasteiger partial charge in [0.15, 0.2) is 0 Å². The summed E-state index contributed by atoms with van der Waals surface area (Å²) in [6.07, 6.45) is 4.29. The van der Waals surface area contributed by atoms with Gasteiger partial charge in [-0.1, -0.05) is 80.6 Å². The maximum absolute atomic E-state index is 4.09. The first kappa shape index (κ1) is 14.6. The topological polar surface area (TPSA) is 0 Å². The van der Waals surface area contributed by atoms with Gasteiger partial charge in [0.25, 0.3) is 0 Å². The molecule has 0 nitrogen and oxygen atoms in total. The molecule has 0 amide bonds. The third kappa shape index (κ3) is 3.19. The van der Waals surface area contributed by atoms with E-state index in [1.165, 1.54) is 11.1 Å². The molecule has 2 atom stereocenters. The van der Waals surface area contributed by atoms with Gasteiger partial charge in [-0.25, -0.2) is 0 Å². The van der Waals surface area contributed by atoms with E-state index in [0.29, 0.717) is 5.92 Å². The fourth-order valence-corrected chi connectivity index (χ4v) is 2.80. The quantitative estimate of drug-likeness (QED) is 0.594. The van der Waals surface area contributed by atoms with E-state index in [-0.39, 0.29) is 5.41 Å². The molecular weight excluding hydrogens is 240 g/mol. The summed E-state index contributed by atoms with van der Waals surface area (Å²) in [7, 11) is 0. The highest BCUT2D eigenvalue weighted by molar-refractivity contribution is 5.28. The van der Waals surface area contributed by atoms with Gasteiger partial charge >= 0.3 is 0 Å². The lowest BCUT2D eigenvalue weighted by Gasteiger charge is -2.35. The molecule has 104 valence electrons. The molecule has 0 bridgehead atoms. The zero-order valence-electron chi connectivity index (χ0n) is 12.5. The summed E-state index contributed by atoms with van der Waals surface area (Å²) in [6.45, 7) is 8.66. The third-order valence-electron chi connectivity index (χ3n) is 4.51. The van der Waals surface area contributed by atoms with Crippen molar-refractivity contribution in [1.82, 2.24) is 0 Å². The first-order valence-electron chi connectivity index (χ1n) is 7.42. The van der Waals surface area contributed by atoms with Crippen LogP contribution in [0.15, 0.2) is 73.3 Å². The van der Waals surface area contributed by atoms with Gasteiger partial charge in [0.2, 0.25) is 0 Å². The molecule has 0 aliphatic heterocycles. The van der Waals surface area contributed by atoms with Crippen molar-refractivity contribution in [3.8, 4) is 0 Å². The molecule has 0 unspecified atom stereocenters. The molecule has 2 aromatic carbocycles. The van der Waals surface area contributed by atoms with E-state index in [0.717, 1.165) is 12.8 Å². The van der Waals surface area contributed by atoms with Crippen molar-refractivity contribution in [3.63, 3.8) is 0 Å². The van der Waals surface area contributed by atoms with Crippen LogP contribution in [0.4, 0.5) is 0 Å². The Labute approximate surface area is 123 Å². The monoisotopic (exact) mass is 264 g/mol. The molecule has 0 heterocycles. The lowest BCUT2D eigenvalue weighted by molar-refractivity contribution is 0.320. The molecular formula is C20H24. The highest BCUT2D eigenvalue weighted by Crippen LogP contribution is 2.41. The molecule has 0 saturated carbocycles. The molecule has 2 aromatic rings. The lowest BCUT2D eigenvalue weighted by Crippen LogP contribution is -2.24. The molecule has 0 aliphatic carbocycles. The second-order valence-corrected chi connectivity index (χ2v) is 5.72. The molecule has 2 rings (SSSR count). The molecule has 0 aliphatic rings. The molecule has 0 radical (unpaired) electrons. The van der Waals surface area contributed by atoms with E-state index < -0.39 is 0 Å². The van der Waals surface area contributed by atoms with Gasteiger partial charge in [-0.2, -0.15) is 0 Å². The van der Waals surface area contributed by atoms with Crippen LogP contribution in [0.3, 0.4) is 0 Å². The SMILES string of the molecule is C=C[C@](C)(CC)[C@H](Cc1ccccc1)c1ccccc1. The number of allylic oxidation sites excluding steroid dienone is 1. The van der Waals surface area contributed by atoms with Crippen LogP contribution >= 0.6 is 0 Å². The summed E-state index contributed by atoms with van der Waals surface area (Å²) < 4.78 is 0. The van der Waals surface area contributed by atoms with Gasteiger partial charge < -0.3 is 0 Å². The van der Waals surface area contributed by atoms with E-state index in [2.05, 4.69) is 87.2 Å². The molecule has 0 spiro atoms. The second kappa shape index (κ2) is 6.56. The number of hydrogen-bond acceptors (Lipinski definition) is 0. The smallest absolute Gasteiger partial charge is 0.00331 e. The van der Waals surface area contributed by atoms with Gasteiger partial charge in [0.05, 0.1) is 0 Å². The number of rotatable bonds is 6. The first-order valence-corrected chi connectivity index (χ1v) is 7.42. The molecule has 0 aromatic heterocycles. The Hall–Kier alpha value is -1.82. The Morgan fingerprint density at radius 3 is 2.05 bits per heavy atom. The molecule has 0 heteroatoms. The summed E-state index contributed by atoms with van der Waals surface area (Å²) in [4.78, 5) is 0. The third-order valence-corrected chi connectivity index (χ3v) is 4.51. The highest BCUT2D eigenvalue weighted by Gasteiger charge is 2.30. The minimum atomic E-state index is 0.122. The van der Waals surface area contributed by atoms with E-state index in [1.54, 1.807) is 0 Å². The van der Waals surface area contributed by atoms with E-state index in [9.17, 15) is 0 Å². The Morgan fingerprint density at radius 1 is 1.00 bits per heavy atom. The van der Waals surface area contributed by atoms with Crippen LogP contribution < -0.4 is 0 Å². The van der Waals surface area contributed by atoms with Crippen molar-refractivity contribution in [1.29, 1.82) is 0 Å². The Balaban J connectivity index is 2.37. The maximum atomic E-state index is 4.09. The summed E-state index contributed by atoms with van der Waals surface area (Å²) in [5.74, 6) is 0.466. The highest BCUT2D eigenvalue weighted by atomic mass is 14.3. The molecule has 0 saturated heterocycles. The Morgan fingerprint density at radius 2 is 1.55 bits per heavy atom. The van der Waals surface area contributed by atoms with Crippen molar-refractivity contribution in [2.45, 2.75) is 32.6 Å². The van der Waals surface area contributed by atoms with Crippen molar-refractivity contribution < 1.29 is 0 Å². The summed E-state index contributed by atoms with van der Waals surface area (Å²) in [5.41, 5.74) is 2.92. The van der Waals surface area contributed by atoms with Crippen LogP contribution in [0.5, 0.6) is 0 Å². The maximum Gasteiger partial charge on any atom is -0.00331 e. The van der Waals surface area contributed by atoms with E-state index in [4.69, 9.17) is 0 Å².